The molecule has 1 N–H and O–H groups in total. The van der Waals surface area contributed by atoms with E-state index in [1.54, 1.807) is 23.0 Å². The van der Waals surface area contributed by atoms with E-state index >= 15 is 0 Å². The van der Waals surface area contributed by atoms with Crippen molar-refractivity contribution in [2.75, 3.05) is 6.54 Å². The van der Waals surface area contributed by atoms with Gasteiger partial charge in [-0.2, -0.15) is 5.10 Å². The van der Waals surface area contributed by atoms with Crippen LogP contribution in [0.15, 0.2) is 73.1 Å². The van der Waals surface area contributed by atoms with E-state index in [-0.39, 0.29) is 5.91 Å². The molecule has 112 valence electrons. The van der Waals surface area contributed by atoms with Gasteiger partial charge >= 0.3 is 0 Å². The van der Waals surface area contributed by atoms with Gasteiger partial charge in [0.15, 0.2) is 0 Å². The van der Waals surface area contributed by atoms with Crippen molar-refractivity contribution in [3.05, 3.63) is 84.2 Å². The molecule has 0 unspecified atom stereocenters. The predicted octanol–water partition coefficient (Wildman–Crippen LogP) is 2.65. The molecule has 4 nitrogen and oxygen atoms in total. The Kier molecular flexibility index (Phi) is 4.51. The topological polar surface area (TPSA) is 46.9 Å². The third-order valence-electron chi connectivity index (χ3n) is 3.24. The second kappa shape index (κ2) is 7.10. The Morgan fingerprint density at radius 1 is 1.04 bits per heavy atom. The Morgan fingerprint density at radius 2 is 1.83 bits per heavy atom. The fourth-order valence-corrected chi connectivity index (χ4v) is 2.08. The van der Waals surface area contributed by atoms with Crippen molar-refractivity contribution in [1.29, 1.82) is 0 Å². The van der Waals surface area contributed by atoms with Crippen molar-refractivity contribution in [3.8, 4) is 17.5 Å². The van der Waals surface area contributed by atoms with E-state index in [2.05, 4.69) is 22.3 Å². The normalized spacial score (nSPS) is 9.74. The first-order chi connectivity index (χ1) is 11.3. The second-order valence-corrected chi connectivity index (χ2v) is 4.85. The SMILES string of the molecule is O=C(NCC#Cc1ccccc1)c1ccc(-n2cccn2)cc1. The third-order valence-corrected chi connectivity index (χ3v) is 3.24. The molecule has 0 bridgehead atoms. The molecule has 0 aliphatic carbocycles. The molecule has 0 spiro atoms. The lowest BCUT2D eigenvalue weighted by Gasteiger charge is -2.04. The molecule has 1 amide bonds. The van der Waals surface area contributed by atoms with Crippen LogP contribution in [0, 0.1) is 11.8 Å². The van der Waals surface area contributed by atoms with Gasteiger partial charge in [-0.1, -0.05) is 30.0 Å². The summed E-state index contributed by atoms with van der Waals surface area (Å²) in [4.78, 5) is 12.1. The Bertz CT molecular complexity index is 826. The fourth-order valence-electron chi connectivity index (χ4n) is 2.08. The summed E-state index contributed by atoms with van der Waals surface area (Å²) in [5.41, 5.74) is 2.45. The van der Waals surface area contributed by atoms with Crippen LogP contribution in [0.5, 0.6) is 0 Å². The lowest BCUT2D eigenvalue weighted by atomic mass is 10.2. The average Bonchev–Trinajstić information content (AvgIpc) is 3.14. The van der Waals surface area contributed by atoms with E-state index in [9.17, 15) is 4.79 Å². The van der Waals surface area contributed by atoms with E-state index < -0.39 is 0 Å². The third kappa shape index (κ3) is 3.86. The number of carbonyl (C=O) groups excluding carboxylic acids is 1. The average molecular weight is 301 g/mol. The highest BCUT2D eigenvalue weighted by atomic mass is 16.1. The van der Waals surface area contributed by atoms with Gasteiger partial charge in [0, 0.05) is 23.5 Å². The number of hydrogen-bond donors (Lipinski definition) is 1. The number of hydrogen-bond acceptors (Lipinski definition) is 2. The molecule has 0 aliphatic heterocycles. The quantitative estimate of drug-likeness (QED) is 0.756. The molecule has 2 aromatic carbocycles. The Hall–Kier alpha value is -3.32. The van der Waals surface area contributed by atoms with Crippen LogP contribution in [0.4, 0.5) is 0 Å². The van der Waals surface area contributed by atoms with Crippen molar-refractivity contribution in [2.24, 2.45) is 0 Å². The highest BCUT2D eigenvalue weighted by Crippen LogP contribution is 2.08. The van der Waals surface area contributed by atoms with Crippen LogP contribution in [0.1, 0.15) is 15.9 Å². The Labute approximate surface area is 134 Å². The fraction of sp³-hybridized carbons (Fsp3) is 0.0526. The molecular weight excluding hydrogens is 286 g/mol. The van der Waals surface area contributed by atoms with Crippen molar-refractivity contribution >= 4 is 5.91 Å². The molecule has 23 heavy (non-hydrogen) atoms. The highest BCUT2D eigenvalue weighted by molar-refractivity contribution is 5.94. The van der Waals surface area contributed by atoms with E-state index in [0.717, 1.165) is 11.3 Å². The summed E-state index contributed by atoms with van der Waals surface area (Å²) in [6.07, 6.45) is 3.57. The number of aromatic nitrogens is 2. The number of carbonyl (C=O) groups is 1. The molecular formula is C19H15N3O. The summed E-state index contributed by atoms with van der Waals surface area (Å²) in [6.45, 7) is 0.314. The largest absolute Gasteiger partial charge is 0.341 e. The summed E-state index contributed by atoms with van der Waals surface area (Å²) >= 11 is 0. The molecule has 0 fully saturated rings. The zero-order valence-electron chi connectivity index (χ0n) is 12.4. The molecule has 0 aliphatic rings. The summed E-state index contributed by atoms with van der Waals surface area (Å²) in [7, 11) is 0. The van der Waals surface area contributed by atoms with Gasteiger partial charge in [0.2, 0.25) is 0 Å². The molecule has 0 radical (unpaired) electrons. The number of amides is 1. The van der Waals surface area contributed by atoms with E-state index in [1.807, 2.05) is 54.7 Å². The van der Waals surface area contributed by atoms with Gasteiger partial charge in [0.25, 0.3) is 5.91 Å². The second-order valence-electron chi connectivity index (χ2n) is 4.85. The van der Waals surface area contributed by atoms with Gasteiger partial charge in [0.05, 0.1) is 12.2 Å². The van der Waals surface area contributed by atoms with E-state index in [0.29, 0.717) is 12.1 Å². The van der Waals surface area contributed by atoms with Crippen LogP contribution < -0.4 is 5.32 Å². The first kappa shape index (κ1) is 14.6. The number of nitrogens with one attached hydrogen (secondary N) is 1. The van der Waals surface area contributed by atoms with E-state index in [4.69, 9.17) is 0 Å². The highest BCUT2D eigenvalue weighted by Gasteiger charge is 2.04. The van der Waals surface area contributed by atoms with Gasteiger partial charge in [-0.3, -0.25) is 4.79 Å². The zero-order valence-corrected chi connectivity index (χ0v) is 12.4. The minimum atomic E-state index is -0.139. The van der Waals surface area contributed by atoms with Crippen LogP contribution in [0.3, 0.4) is 0 Å². The van der Waals surface area contributed by atoms with Crippen molar-refractivity contribution in [1.82, 2.24) is 15.1 Å². The van der Waals surface area contributed by atoms with Crippen molar-refractivity contribution < 1.29 is 4.79 Å². The van der Waals surface area contributed by atoms with Gasteiger partial charge < -0.3 is 5.32 Å². The van der Waals surface area contributed by atoms with Crippen LogP contribution >= 0.6 is 0 Å². The summed E-state index contributed by atoms with van der Waals surface area (Å²) in [5, 5.41) is 6.94. The molecule has 3 aromatic rings. The number of benzene rings is 2. The molecule has 3 rings (SSSR count). The van der Waals surface area contributed by atoms with E-state index in [1.165, 1.54) is 0 Å². The molecule has 0 saturated heterocycles. The molecule has 4 heteroatoms. The predicted molar refractivity (Wildman–Crippen MR) is 89.2 cm³/mol. The lowest BCUT2D eigenvalue weighted by Crippen LogP contribution is -2.23. The molecule has 1 heterocycles. The monoisotopic (exact) mass is 301 g/mol. The minimum Gasteiger partial charge on any atom is -0.341 e. The van der Waals surface area contributed by atoms with Crippen molar-refractivity contribution in [2.45, 2.75) is 0 Å². The van der Waals surface area contributed by atoms with Crippen molar-refractivity contribution in [3.63, 3.8) is 0 Å². The zero-order chi connectivity index (χ0) is 15.9. The Morgan fingerprint density at radius 3 is 2.52 bits per heavy atom. The summed E-state index contributed by atoms with van der Waals surface area (Å²) < 4.78 is 1.74. The van der Waals surface area contributed by atoms with Crippen LogP contribution in [-0.2, 0) is 0 Å². The molecule has 0 atom stereocenters. The lowest BCUT2D eigenvalue weighted by molar-refractivity contribution is 0.0958. The minimum absolute atomic E-state index is 0.139. The van der Waals surface area contributed by atoms with Crippen LogP contribution in [0.2, 0.25) is 0 Å². The van der Waals surface area contributed by atoms with Crippen LogP contribution in [-0.4, -0.2) is 22.2 Å². The smallest absolute Gasteiger partial charge is 0.252 e. The van der Waals surface area contributed by atoms with Gasteiger partial charge in [-0.05, 0) is 42.5 Å². The Balaban J connectivity index is 1.57. The van der Waals surface area contributed by atoms with Gasteiger partial charge in [0.1, 0.15) is 0 Å². The number of rotatable bonds is 3. The molecule has 1 aromatic heterocycles. The summed E-state index contributed by atoms with van der Waals surface area (Å²) in [6, 6.07) is 18.8. The maximum Gasteiger partial charge on any atom is 0.252 e. The standard InChI is InChI=1S/C19H15N3O/c23-19(20-13-4-8-16-6-2-1-3-7-16)17-9-11-18(12-10-17)22-15-5-14-21-22/h1-3,5-7,9-12,14-15H,13H2,(H,20,23). The maximum absolute atomic E-state index is 12.1. The van der Waals surface area contributed by atoms with Gasteiger partial charge in [-0.15, -0.1) is 0 Å². The summed E-state index contributed by atoms with van der Waals surface area (Å²) in [5.74, 6) is 5.80. The maximum atomic E-state index is 12.1. The first-order valence-corrected chi connectivity index (χ1v) is 7.25. The first-order valence-electron chi connectivity index (χ1n) is 7.25. The number of nitrogens with zero attached hydrogens (tertiary/aromatic N) is 2. The van der Waals surface area contributed by atoms with Crippen LogP contribution in [0.25, 0.3) is 5.69 Å². The molecule has 0 saturated carbocycles. The van der Waals surface area contributed by atoms with Gasteiger partial charge in [-0.25, -0.2) is 4.68 Å².